The second kappa shape index (κ2) is 5.70. The number of carbonyl (C=O) groups excluding carboxylic acids is 1. The molecule has 19 heavy (non-hydrogen) atoms. The van der Waals surface area contributed by atoms with Crippen LogP contribution in [0.2, 0.25) is 0 Å². The fraction of sp³-hybridized carbons (Fsp3) is 0.600. The Kier molecular flexibility index (Phi) is 4.20. The largest absolute Gasteiger partial charge is 0.459 e. The van der Waals surface area contributed by atoms with E-state index in [-0.39, 0.29) is 12.0 Å². The number of likely N-dealkylation sites (tertiary alicyclic amines) is 1. The average molecular weight is 262 g/mol. The molecule has 0 unspecified atom stereocenters. The molecule has 0 saturated carbocycles. The molecule has 4 nitrogen and oxygen atoms in total. The number of aromatic nitrogens is 1. The molecule has 0 aliphatic carbocycles. The molecule has 2 rings (SSSR count). The van der Waals surface area contributed by atoms with E-state index in [1.807, 2.05) is 32.9 Å². The van der Waals surface area contributed by atoms with Gasteiger partial charge in [-0.3, -0.25) is 14.7 Å². The second-order valence-electron chi connectivity index (χ2n) is 6.02. The number of carbonyl (C=O) groups is 1. The van der Waals surface area contributed by atoms with E-state index in [1.165, 1.54) is 5.56 Å². The SMILES string of the molecule is CC(C)(C)OC(=O)[C@H]1CCCN1Cc1ccncc1. The van der Waals surface area contributed by atoms with Crippen molar-refractivity contribution < 1.29 is 9.53 Å². The topological polar surface area (TPSA) is 42.4 Å². The van der Waals surface area contributed by atoms with Gasteiger partial charge in [-0.25, -0.2) is 0 Å². The van der Waals surface area contributed by atoms with Gasteiger partial charge in [-0.05, 0) is 57.9 Å². The van der Waals surface area contributed by atoms with E-state index in [9.17, 15) is 4.79 Å². The first kappa shape index (κ1) is 14.0. The maximum atomic E-state index is 12.2. The van der Waals surface area contributed by atoms with E-state index in [0.29, 0.717) is 0 Å². The van der Waals surface area contributed by atoms with Crippen LogP contribution in [0.1, 0.15) is 39.2 Å². The number of pyridine rings is 1. The molecule has 0 N–H and O–H groups in total. The minimum atomic E-state index is -0.415. The van der Waals surface area contributed by atoms with E-state index in [1.54, 1.807) is 12.4 Å². The van der Waals surface area contributed by atoms with Crippen LogP contribution in [0.15, 0.2) is 24.5 Å². The summed E-state index contributed by atoms with van der Waals surface area (Å²) < 4.78 is 5.50. The normalized spacial score (nSPS) is 20.5. The first-order valence-corrected chi connectivity index (χ1v) is 6.81. The highest BCUT2D eigenvalue weighted by atomic mass is 16.6. The molecule has 0 amide bonds. The first-order valence-electron chi connectivity index (χ1n) is 6.81. The standard InChI is InChI=1S/C15H22N2O2/c1-15(2,3)19-14(18)13-5-4-10-17(13)11-12-6-8-16-9-7-12/h6-9,13H,4-5,10-11H2,1-3H3/t13-/m1/s1. The third-order valence-corrected chi connectivity index (χ3v) is 3.18. The van der Waals surface area contributed by atoms with E-state index >= 15 is 0 Å². The Labute approximate surface area is 114 Å². The molecule has 1 fully saturated rings. The highest BCUT2D eigenvalue weighted by Gasteiger charge is 2.33. The first-order chi connectivity index (χ1) is 8.96. The van der Waals surface area contributed by atoms with E-state index in [0.717, 1.165) is 25.9 Å². The summed E-state index contributed by atoms with van der Waals surface area (Å²) in [6.07, 6.45) is 5.51. The van der Waals surface area contributed by atoms with Crippen molar-refractivity contribution in [2.45, 2.75) is 51.8 Å². The fourth-order valence-corrected chi connectivity index (χ4v) is 2.37. The Morgan fingerprint density at radius 1 is 1.42 bits per heavy atom. The van der Waals surface area contributed by atoms with Crippen molar-refractivity contribution in [3.8, 4) is 0 Å². The highest BCUT2D eigenvalue weighted by molar-refractivity contribution is 5.76. The van der Waals surface area contributed by atoms with Crippen molar-refractivity contribution in [3.05, 3.63) is 30.1 Å². The number of hydrogen-bond acceptors (Lipinski definition) is 4. The molecule has 2 heterocycles. The lowest BCUT2D eigenvalue weighted by Crippen LogP contribution is -2.40. The summed E-state index contributed by atoms with van der Waals surface area (Å²) in [5.74, 6) is -0.0981. The lowest BCUT2D eigenvalue weighted by Gasteiger charge is -2.27. The molecule has 0 bridgehead atoms. The summed E-state index contributed by atoms with van der Waals surface area (Å²) in [5.41, 5.74) is 0.771. The molecule has 4 heteroatoms. The lowest BCUT2D eigenvalue weighted by atomic mass is 10.1. The summed E-state index contributed by atoms with van der Waals surface area (Å²) in [5, 5.41) is 0. The maximum absolute atomic E-state index is 12.2. The van der Waals surface area contributed by atoms with Crippen LogP contribution >= 0.6 is 0 Å². The van der Waals surface area contributed by atoms with Gasteiger partial charge in [-0.1, -0.05) is 0 Å². The van der Waals surface area contributed by atoms with Gasteiger partial charge in [0.25, 0.3) is 0 Å². The molecular weight excluding hydrogens is 240 g/mol. The third kappa shape index (κ3) is 4.03. The van der Waals surface area contributed by atoms with Gasteiger partial charge in [0.05, 0.1) is 0 Å². The minimum absolute atomic E-state index is 0.0981. The van der Waals surface area contributed by atoms with Crippen LogP contribution in [0.3, 0.4) is 0 Å². The molecule has 1 aliphatic heterocycles. The molecule has 0 spiro atoms. The van der Waals surface area contributed by atoms with Crippen molar-refractivity contribution in [1.29, 1.82) is 0 Å². The van der Waals surface area contributed by atoms with Crippen molar-refractivity contribution in [1.82, 2.24) is 9.88 Å². The Morgan fingerprint density at radius 2 is 2.11 bits per heavy atom. The number of ether oxygens (including phenoxy) is 1. The molecule has 1 aromatic heterocycles. The zero-order valence-corrected chi connectivity index (χ0v) is 11.9. The van der Waals surface area contributed by atoms with Crippen LogP contribution in [-0.2, 0) is 16.1 Å². The fourth-order valence-electron chi connectivity index (χ4n) is 2.37. The maximum Gasteiger partial charge on any atom is 0.323 e. The number of nitrogens with zero attached hydrogens (tertiary/aromatic N) is 2. The zero-order chi connectivity index (χ0) is 13.9. The van der Waals surface area contributed by atoms with Crippen molar-refractivity contribution >= 4 is 5.97 Å². The number of rotatable bonds is 3. The number of hydrogen-bond donors (Lipinski definition) is 0. The molecule has 1 aliphatic rings. The van der Waals surface area contributed by atoms with Gasteiger partial charge in [0.2, 0.25) is 0 Å². The van der Waals surface area contributed by atoms with E-state index in [2.05, 4.69) is 9.88 Å². The van der Waals surface area contributed by atoms with Crippen LogP contribution in [0.25, 0.3) is 0 Å². The predicted octanol–water partition coefficient (Wildman–Crippen LogP) is 2.39. The van der Waals surface area contributed by atoms with Gasteiger partial charge in [-0.2, -0.15) is 0 Å². The number of esters is 1. The predicted molar refractivity (Wildman–Crippen MR) is 73.5 cm³/mol. The molecule has 1 atom stereocenters. The Balaban J connectivity index is 1.99. The van der Waals surface area contributed by atoms with Gasteiger partial charge in [-0.15, -0.1) is 0 Å². The van der Waals surface area contributed by atoms with E-state index in [4.69, 9.17) is 4.74 Å². The van der Waals surface area contributed by atoms with E-state index < -0.39 is 5.60 Å². The van der Waals surface area contributed by atoms with Crippen LogP contribution in [0.5, 0.6) is 0 Å². The molecule has 1 saturated heterocycles. The van der Waals surface area contributed by atoms with Gasteiger partial charge in [0.15, 0.2) is 0 Å². The average Bonchev–Trinajstić information content (AvgIpc) is 2.76. The Bertz CT molecular complexity index is 426. The molecular formula is C15H22N2O2. The van der Waals surface area contributed by atoms with Gasteiger partial charge in [0.1, 0.15) is 11.6 Å². The lowest BCUT2D eigenvalue weighted by molar-refractivity contribution is -0.160. The van der Waals surface area contributed by atoms with Crippen LogP contribution < -0.4 is 0 Å². The summed E-state index contributed by atoms with van der Waals surface area (Å²) in [6, 6.07) is 3.88. The molecule has 0 radical (unpaired) electrons. The van der Waals surface area contributed by atoms with Crippen LogP contribution in [-0.4, -0.2) is 34.0 Å². The summed E-state index contributed by atoms with van der Waals surface area (Å²) in [6.45, 7) is 7.46. The summed E-state index contributed by atoms with van der Waals surface area (Å²) in [4.78, 5) is 18.4. The quantitative estimate of drug-likeness (QED) is 0.784. The molecule has 0 aromatic carbocycles. The van der Waals surface area contributed by atoms with Crippen LogP contribution in [0.4, 0.5) is 0 Å². The molecule has 1 aromatic rings. The third-order valence-electron chi connectivity index (χ3n) is 3.18. The summed E-state index contributed by atoms with van der Waals surface area (Å²) >= 11 is 0. The van der Waals surface area contributed by atoms with Gasteiger partial charge < -0.3 is 4.74 Å². The Hall–Kier alpha value is -1.42. The summed E-state index contributed by atoms with van der Waals surface area (Å²) in [7, 11) is 0. The van der Waals surface area contributed by atoms with Gasteiger partial charge >= 0.3 is 5.97 Å². The van der Waals surface area contributed by atoms with Crippen molar-refractivity contribution in [3.63, 3.8) is 0 Å². The van der Waals surface area contributed by atoms with Crippen LogP contribution in [0, 0.1) is 0 Å². The monoisotopic (exact) mass is 262 g/mol. The van der Waals surface area contributed by atoms with Crippen molar-refractivity contribution in [2.75, 3.05) is 6.54 Å². The Morgan fingerprint density at radius 3 is 2.74 bits per heavy atom. The minimum Gasteiger partial charge on any atom is -0.459 e. The van der Waals surface area contributed by atoms with Crippen molar-refractivity contribution in [2.24, 2.45) is 0 Å². The van der Waals surface area contributed by atoms with Gasteiger partial charge in [0, 0.05) is 18.9 Å². The highest BCUT2D eigenvalue weighted by Crippen LogP contribution is 2.22. The second-order valence-corrected chi connectivity index (χ2v) is 6.02. The molecule has 104 valence electrons. The zero-order valence-electron chi connectivity index (χ0n) is 11.9. The smallest absolute Gasteiger partial charge is 0.323 e.